The molecule has 0 aromatic heterocycles. The molecule has 98 valence electrons. The van der Waals surface area contributed by atoms with Crippen molar-refractivity contribution in [3.8, 4) is 5.75 Å². The highest BCUT2D eigenvalue weighted by Gasteiger charge is 2.31. The second-order valence-electron chi connectivity index (χ2n) is 5.02. The van der Waals surface area contributed by atoms with Crippen LogP contribution in [0.15, 0.2) is 12.1 Å². The second kappa shape index (κ2) is 4.98. The zero-order valence-electron chi connectivity index (χ0n) is 10.7. The Kier molecular flexibility index (Phi) is 3.57. The van der Waals surface area contributed by atoms with Gasteiger partial charge in [-0.25, -0.2) is 0 Å². The number of hydrogen-bond donors (Lipinski definition) is 3. The summed E-state index contributed by atoms with van der Waals surface area (Å²) in [6.07, 6.45) is 1.01. The van der Waals surface area contributed by atoms with Gasteiger partial charge in [0.05, 0.1) is 6.42 Å². The van der Waals surface area contributed by atoms with Crippen molar-refractivity contribution < 1.29 is 15.0 Å². The van der Waals surface area contributed by atoms with Gasteiger partial charge in [-0.15, -0.1) is 0 Å². The van der Waals surface area contributed by atoms with Crippen LogP contribution in [0.3, 0.4) is 0 Å². The van der Waals surface area contributed by atoms with Gasteiger partial charge in [0, 0.05) is 18.2 Å². The van der Waals surface area contributed by atoms with Gasteiger partial charge in [0.2, 0.25) is 0 Å². The monoisotopic (exact) mass is 249 g/mol. The number of aryl methyl sites for hydroxylation is 1. The third-order valence-corrected chi connectivity index (χ3v) is 3.64. The van der Waals surface area contributed by atoms with Crippen LogP contribution in [0.4, 0.5) is 0 Å². The minimum absolute atomic E-state index is 0.0641. The molecule has 0 amide bonds. The standard InChI is InChI=1S/C14H19NO3/c1-8-3-4-11(16)14-10(7-9(2)13(8)14)15-6-5-12(17)18/h3-4,9-10,15-16H,5-7H2,1-2H3,(H,17,18). The van der Waals surface area contributed by atoms with Crippen LogP contribution < -0.4 is 5.32 Å². The maximum atomic E-state index is 10.5. The molecule has 18 heavy (non-hydrogen) atoms. The second-order valence-corrected chi connectivity index (χ2v) is 5.02. The zero-order chi connectivity index (χ0) is 13.3. The van der Waals surface area contributed by atoms with E-state index >= 15 is 0 Å². The van der Waals surface area contributed by atoms with Crippen molar-refractivity contribution in [3.05, 3.63) is 28.8 Å². The third-order valence-electron chi connectivity index (χ3n) is 3.64. The minimum atomic E-state index is -0.803. The Morgan fingerprint density at radius 2 is 2.17 bits per heavy atom. The zero-order valence-corrected chi connectivity index (χ0v) is 10.7. The number of carbonyl (C=O) groups is 1. The Hall–Kier alpha value is -1.55. The summed E-state index contributed by atoms with van der Waals surface area (Å²) >= 11 is 0. The summed E-state index contributed by atoms with van der Waals surface area (Å²) in [6, 6.07) is 3.72. The maximum Gasteiger partial charge on any atom is 0.304 e. The van der Waals surface area contributed by atoms with Gasteiger partial charge < -0.3 is 15.5 Å². The first-order valence-corrected chi connectivity index (χ1v) is 6.28. The number of benzene rings is 1. The summed E-state index contributed by atoms with van der Waals surface area (Å²) in [6.45, 7) is 4.62. The third kappa shape index (κ3) is 2.34. The quantitative estimate of drug-likeness (QED) is 0.766. The molecule has 0 heterocycles. The average molecular weight is 249 g/mol. The number of aromatic hydroxyl groups is 1. The lowest BCUT2D eigenvalue weighted by Crippen LogP contribution is -2.22. The van der Waals surface area contributed by atoms with Crippen LogP contribution in [0.5, 0.6) is 5.75 Å². The molecule has 0 aliphatic heterocycles. The number of carboxylic acid groups (broad SMARTS) is 1. The first kappa shape index (κ1) is 12.9. The van der Waals surface area contributed by atoms with E-state index in [4.69, 9.17) is 5.11 Å². The molecule has 0 bridgehead atoms. The van der Waals surface area contributed by atoms with Gasteiger partial charge >= 0.3 is 5.97 Å². The van der Waals surface area contributed by atoms with Crippen molar-refractivity contribution in [2.75, 3.05) is 6.54 Å². The normalized spacial score (nSPS) is 21.9. The van der Waals surface area contributed by atoms with Crippen LogP contribution in [0.25, 0.3) is 0 Å². The number of aliphatic carboxylic acids is 1. The van der Waals surface area contributed by atoms with Gasteiger partial charge in [0.25, 0.3) is 0 Å². The molecule has 3 N–H and O–H groups in total. The fourth-order valence-corrected chi connectivity index (χ4v) is 2.88. The maximum absolute atomic E-state index is 10.5. The van der Waals surface area contributed by atoms with Gasteiger partial charge in [-0.2, -0.15) is 0 Å². The van der Waals surface area contributed by atoms with E-state index in [9.17, 15) is 9.90 Å². The predicted molar refractivity (Wildman–Crippen MR) is 68.9 cm³/mol. The molecule has 0 saturated carbocycles. The molecule has 2 atom stereocenters. The van der Waals surface area contributed by atoms with E-state index < -0.39 is 5.97 Å². The van der Waals surface area contributed by atoms with Gasteiger partial charge in [0.1, 0.15) is 5.75 Å². The van der Waals surface area contributed by atoms with Crippen molar-refractivity contribution in [2.45, 2.75) is 38.6 Å². The van der Waals surface area contributed by atoms with E-state index in [2.05, 4.69) is 19.2 Å². The SMILES string of the molecule is Cc1ccc(O)c2c1C(C)CC2NCCC(=O)O. The van der Waals surface area contributed by atoms with Crippen molar-refractivity contribution in [2.24, 2.45) is 0 Å². The Morgan fingerprint density at radius 3 is 2.83 bits per heavy atom. The minimum Gasteiger partial charge on any atom is -0.508 e. The number of rotatable bonds is 4. The molecule has 4 heteroatoms. The van der Waals surface area contributed by atoms with Crippen LogP contribution >= 0.6 is 0 Å². The van der Waals surface area contributed by atoms with E-state index in [0.717, 1.165) is 12.0 Å². The summed E-state index contributed by atoms with van der Waals surface area (Å²) in [5.74, 6) is -0.0931. The predicted octanol–water partition coefficient (Wildman–Crippen LogP) is 2.31. The molecule has 1 aromatic rings. The Morgan fingerprint density at radius 1 is 1.44 bits per heavy atom. The molecule has 0 saturated heterocycles. The van der Waals surface area contributed by atoms with Crippen LogP contribution in [0.1, 0.15) is 48.4 Å². The van der Waals surface area contributed by atoms with Crippen LogP contribution in [0.2, 0.25) is 0 Å². The molecule has 1 aliphatic rings. The van der Waals surface area contributed by atoms with E-state index in [1.807, 2.05) is 6.07 Å². The number of fused-ring (bicyclic) bond motifs is 1. The smallest absolute Gasteiger partial charge is 0.304 e. The highest BCUT2D eigenvalue weighted by molar-refractivity contribution is 5.66. The molecule has 0 radical (unpaired) electrons. The summed E-state index contributed by atoms with van der Waals surface area (Å²) in [7, 11) is 0. The van der Waals surface area contributed by atoms with Crippen molar-refractivity contribution in [1.29, 1.82) is 0 Å². The molecule has 1 aromatic carbocycles. The van der Waals surface area contributed by atoms with Crippen molar-refractivity contribution in [3.63, 3.8) is 0 Å². The van der Waals surface area contributed by atoms with Crippen LogP contribution in [-0.2, 0) is 4.79 Å². The highest BCUT2D eigenvalue weighted by atomic mass is 16.4. The summed E-state index contributed by atoms with van der Waals surface area (Å²) in [5, 5.41) is 21.9. The average Bonchev–Trinajstić information content (AvgIpc) is 2.62. The number of nitrogens with one attached hydrogen (secondary N) is 1. The van der Waals surface area contributed by atoms with Gasteiger partial charge in [-0.3, -0.25) is 4.79 Å². The Bertz CT molecular complexity index is 470. The Labute approximate surface area is 107 Å². The van der Waals surface area contributed by atoms with E-state index in [-0.39, 0.29) is 12.5 Å². The number of carboxylic acids is 1. The van der Waals surface area contributed by atoms with Crippen LogP contribution in [0, 0.1) is 6.92 Å². The summed E-state index contributed by atoms with van der Waals surface area (Å²) in [5.41, 5.74) is 3.36. The van der Waals surface area contributed by atoms with E-state index in [1.54, 1.807) is 6.07 Å². The number of phenolic OH excluding ortho intramolecular Hbond substituents is 1. The lowest BCUT2D eigenvalue weighted by molar-refractivity contribution is -0.136. The number of phenols is 1. The van der Waals surface area contributed by atoms with Gasteiger partial charge in [0.15, 0.2) is 0 Å². The van der Waals surface area contributed by atoms with Crippen LogP contribution in [-0.4, -0.2) is 22.7 Å². The topological polar surface area (TPSA) is 69.6 Å². The molecule has 4 nitrogen and oxygen atoms in total. The fourth-order valence-electron chi connectivity index (χ4n) is 2.88. The van der Waals surface area contributed by atoms with Crippen molar-refractivity contribution >= 4 is 5.97 Å². The fraction of sp³-hybridized carbons (Fsp3) is 0.500. The largest absolute Gasteiger partial charge is 0.508 e. The number of hydrogen-bond acceptors (Lipinski definition) is 3. The summed E-state index contributed by atoms with van der Waals surface area (Å²) < 4.78 is 0. The molecule has 0 fully saturated rings. The molecular formula is C14H19NO3. The first-order valence-electron chi connectivity index (χ1n) is 6.28. The van der Waals surface area contributed by atoms with Crippen molar-refractivity contribution in [1.82, 2.24) is 5.32 Å². The molecular weight excluding hydrogens is 230 g/mol. The lowest BCUT2D eigenvalue weighted by atomic mass is 9.97. The lowest BCUT2D eigenvalue weighted by Gasteiger charge is -2.15. The molecule has 0 spiro atoms. The summed E-state index contributed by atoms with van der Waals surface area (Å²) in [4.78, 5) is 10.5. The van der Waals surface area contributed by atoms with Gasteiger partial charge in [-0.05, 0) is 36.5 Å². The van der Waals surface area contributed by atoms with Gasteiger partial charge in [-0.1, -0.05) is 13.0 Å². The molecule has 1 aliphatic carbocycles. The molecule has 2 unspecified atom stereocenters. The first-order chi connectivity index (χ1) is 8.50. The highest BCUT2D eigenvalue weighted by Crippen LogP contribution is 2.45. The molecule has 2 rings (SSSR count). The van der Waals surface area contributed by atoms with E-state index in [1.165, 1.54) is 11.1 Å². The van der Waals surface area contributed by atoms with E-state index in [0.29, 0.717) is 18.2 Å². The Balaban J connectivity index is 2.19.